The van der Waals surface area contributed by atoms with E-state index in [9.17, 15) is 79.0 Å². The monoisotopic (exact) mass is 648 g/mol. The maximum Gasteiger partial charge on any atom is 0.460 e. The third-order valence-corrected chi connectivity index (χ3v) is 4.15. The Hall–Kier alpha value is -3.24. The molecule has 0 radical (unpaired) electrons. The topological polar surface area (TPSA) is 81.2 Å². The molecule has 240 valence electrons. The number of hydrogen-bond acceptors (Lipinski definition) is 6. The molecule has 3 N–H and O–H groups in total. The van der Waals surface area contributed by atoms with Crippen molar-refractivity contribution < 1.29 is 88.5 Å². The van der Waals surface area contributed by atoms with Gasteiger partial charge in [-0.05, 0) is 0 Å². The molecular weight excluding hydrogens is 634 g/mol. The zero-order chi connectivity index (χ0) is 32.9. The summed E-state index contributed by atoms with van der Waals surface area (Å²) in [5.74, 6) is -43.3. The van der Waals surface area contributed by atoms with E-state index in [0.717, 1.165) is 7.05 Å². The quantitative estimate of drug-likeness (QED) is 0.107. The van der Waals surface area contributed by atoms with Crippen LogP contribution in [0.2, 0.25) is 0 Å². The van der Waals surface area contributed by atoms with Gasteiger partial charge in [0.15, 0.2) is 24.7 Å². The fourth-order valence-electron chi connectivity index (χ4n) is 1.91. The van der Waals surface area contributed by atoms with Crippen molar-refractivity contribution in [3.63, 3.8) is 0 Å². The minimum Gasteiger partial charge on any atom is -0.484 e. The molecule has 41 heavy (non-hydrogen) atoms. The number of ether oxygens (including phenoxy) is 2. The van der Waals surface area contributed by atoms with Crippen molar-refractivity contribution >= 4 is 12.4 Å². The first-order valence-corrected chi connectivity index (χ1v) is 9.59. The highest BCUT2D eigenvalue weighted by Crippen LogP contribution is 2.54. The summed E-state index contributed by atoms with van der Waals surface area (Å²) in [7, 11) is 0.979. The van der Waals surface area contributed by atoms with E-state index >= 15 is 0 Å². The number of hydrogen-bond donors (Lipinski definition) is 2. The maximum atomic E-state index is 13.5. The van der Waals surface area contributed by atoms with Crippen LogP contribution in [0, 0.1) is 0 Å². The van der Waals surface area contributed by atoms with Gasteiger partial charge in [-0.25, -0.2) is 0 Å². The van der Waals surface area contributed by atoms with Gasteiger partial charge >= 0.3 is 47.9 Å². The number of nitrogens with two attached hydrogens (primary N) is 1. The minimum absolute atomic E-state index is 0.0657. The first kappa shape index (κ1) is 37.8. The van der Waals surface area contributed by atoms with Gasteiger partial charge in [0.25, 0.3) is 0 Å². The fraction of sp³-hybridized carbons (Fsp3) is 0.647. The van der Waals surface area contributed by atoms with Gasteiger partial charge in [-0.1, -0.05) is 0 Å². The van der Waals surface area contributed by atoms with Crippen LogP contribution in [-0.2, 0) is 9.47 Å². The van der Waals surface area contributed by atoms with Gasteiger partial charge < -0.3 is 20.5 Å². The second kappa shape index (κ2) is 12.3. The van der Waals surface area contributed by atoms with E-state index < -0.39 is 72.6 Å². The Bertz CT molecular complexity index is 998. The van der Waals surface area contributed by atoms with Crippen molar-refractivity contribution in [2.45, 2.75) is 47.9 Å². The third kappa shape index (κ3) is 7.95. The number of halogens is 18. The van der Waals surface area contributed by atoms with Gasteiger partial charge in [0.1, 0.15) is 0 Å². The summed E-state index contributed by atoms with van der Waals surface area (Å²) in [6.07, 6.45) is -13.5. The van der Waals surface area contributed by atoms with Crippen molar-refractivity contribution in [1.29, 1.82) is 0 Å². The number of rotatable bonds is 14. The van der Waals surface area contributed by atoms with Crippen LogP contribution in [0.15, 0.2) is 34.1 Å². The zero-order valence-corrected chi connectivity index (χ0v) is 19.3. The van der Waals surface area contributed by atoms with Gasteiger partial charge in [-0.3, -0.25) is 0 Å². The smallest absolute Gasteiger partial charge is 0.460 e. The molecule has 0 aromatic rings. The molecule has 6 nitrogen and oxygen atoms in total. The second-order valence-corrected chi connectivity index (χ2v) is 7.17. The lowest BCUT2D eigenvalue weighted by atomic mass is 10.0. The molecule has 0 bridgehead atoms. The van der Waals surface area contributed by atoms with Gasteiger partial charge in [0.2, 0.25) is 0 Å². The van der Waals surface area contributed by atoms with E-state index in [0.29, 0.717) is 6.20 Å². The molecule has 0 atom stereocenters. The van der Waals surface area contributed by atoms with Crippen LogP contribution in [0.25, 0.3) is 0 Å². The Morgan fingerprint density at radius 1 is 0.585 bits per heavy atom. The number of alkyl halides is 18. The lowest BCUT2D eigenvalue weighted by Gasteiger charge is -2.33. The van der Waals surface area contributed by atoms with Gasteiger partial charge in [-0.2, -0.15) is 89.2 Å². The van der Waals surface area contributed by atoms with E-state index in [2.05, 4.69) is 19.7 Å². The Labute approximate surface area is 215 Å². The Balaban J connectivity index is 5.56. The minimum atomic E-state index is -7.22. The van der Waals surface area contributed by atoms with Crippen LogP contribution in [-0.4, -0.2) is 80.6 Å². The molecule has 0 unspecified atom stereocenters. The summed E-state index contributed by atoms with van der Waals surface area (Å²) < 4.78 is 239. The lowest BCUT2D eigenvalue weighted by Crippen LogP contribution is -2.62. The first-order valence-electron chi connectivity index (χ1n) is 9.59. The number of nitrogens with one attached hydrogen (secondary N) is 1. The van der Waals surface area contributed by atoms with Gasteiger partial charge in [0.05, 0.1) is 12.4 Å². The van der Waals surface area contributed by atoms with Gasteiger partial charge in [0, 0.05) is 19.4 Å². The van der Waals surface area contributed by atoms with E-state index in [-0.39, 0.29) is 18.6 Å². The summed E-state index contributed by atoms with van der Waals surface area (Å²) >= 11 is 0. The maximum absolute atomic E-state index is 13.5. The molecule has 0 heterocycles. The van der Waals surface area contributed by atoms with Gasteiger partial charge in [-0.15, -0.1) is 0 Å². The average molecular weight is 648 g/mol. The molecule has 0 aliphatic heterocycles. The van der Waals surface area contributed by atoms with Crippen LogP contribution in [0.1, 0.15) is 0 Å². The Kier molecular flexibility index (Phi) is 11.4. The predicted molar refractivity (Wildman–Crippen MR) is 100 cm³/mol. The summed E-state index contributed by atoms with van der Waals surface area (Å²) in [6.45, 7) is -5.68. The van der Waals surface area contributed by atoms with Crippen LogP contribution in [0.3, 0.4) is 0 Å². The molecule has 0 rings (SSSR count). The molecule has 0 aromatic carbocycles. The highest BCUT2D eigenvalue weighted by atomic mass is 19.4. The largest absolute Gasteiger partial charge is 0.484 e. The van der Waals surface area contributed by atoms with Crippen molar-refractivity contribution in [1.82, 2.24) is 5.32 Å². The molecule has 0 spiro atoms. The van der Waals surface area contributed by atoms with Crippen molar-refractivity contribution in [3.8, 4) is 0 Å². The summed E-state index contributed by atoms with van der Waals surface area (Å²) in [6, 6.07) is 0. The standard InChI is InChI=1S/C17H14F18N4O2/c1-37-3-9(41-7-11(20,21)13(24,25)15(28,29)17(33,34)35)5-39-38-4-8(2-36)40-6-10(18,19)12(22,23)14(26,27)16(30,31)32/h2-5,37H,6-7,36H2,1H3/b8-2+,9-3+,38-4-,39-5-. The Morgan fingerprint density at radius 3 is 1.20 bits per heavy atom. The van der Waals surface area contributed by atoms with Crippen LogP contribution >= 0.6 is 0 Å². The van der Waals surface area contributed by atoms with E-state index in [1.165, 1.54) is 0 Å². The van der Waals surface area contributed by atoms with Crippen LogP contribution < -0.4 is 11.1 Å². The molecule has 0 aliphatic carbocycles. The molecular formula is C17H14F18N4O2. The highest BCUT2D eigenvalue weighted by molar-refractivity contribution is 5.79. The normalized spacial score (nSPS) is 16.1. The fourth-order valence-corrected chi connectivity index (χ4v) is 1.91. The molecule has 24 heteroatoms. The molecule has 0 saturated carbocycles. The number of nitrogens with zero attached hydrogens (tertiary/aromatic N) is 2. The summed E-state index contributed by atoms with van der Waals surface area (Å²) in [5.41, 5.74) is 4.83. The highest BCUT2D eigenvalue weighted by Gasteiger charge is 2.83. The Morgan fingerprint density at radius 2 is 0.902 bits per heavy atom. The van der Waals surface area contributed by atoms with Crippen LogP contribution in [0.5, 0.6) is 0 Å². The second-order valence-electron chi connectivity index (χ2n) is 7.17. The zero-order valence-electron chi connectivity index (χ0n) is 19.3. The lowest BCUT2D eigenvalue weighted by molar-refractivity contribution is -0.399. The predicted octanol–water partition coefficient (Wildman–Crippen LogP) is 5.87. The van der Waals surface area contributed by atoms with E-state index in [1.807, 2.05) is 5.32 Å². The van der Waals surface area contributed by atoms with Crippen molar-refractivity contribution in [2.24, 2.45) is 15.9 Å². The SMILES string of the molecule is CN\C=C(/C=N\N=C/C(=C\N)OCC(F)(F)C(F)(F)C(F)(F)C(F)(F)F)OCC(F)(F)C(F)(F)C(F)(F)C(F)(F)F. The molecule has 0 saturated heterocycles. The average Bonchev–Trinajstić information content (AvgIpc) is 2.79. The summed E-state index contributed by atoms with van der Waals surface area (Å²) in [5, 5.41) is 7.69. The van der Waals surface area contributed by atoms with Crippen LogP contribution in [0.4, 0.5) is 79.0 Å². The number of allylic oxidation sites excluding steroid dienone is 2. The van der Waals surface area contributed by atoms with E-state index in [4.69, 9.17) is 5.73 Å². The first-order chi connectivity index (χ1) is 18.1. The molecule has 0 aromatic heterocycles. The van der Waals surface area contributed by atoms with Crippen molar-refractivity contribution in [2.75, 3.05) is 20.3 Å². The summed E-state index contributed by atoms with van der Waals surface area (Å²) in [4.78, 5) is 0. The van der Waals surface area contributed by atoms with Crippen molar-refractivity contribution in [3.05, 3.63) is 23.9 Å². The molecule has 0 aliphatic rings. The molecule has 0 amide bonds. The molecule has 0 fully saturated rings. The van der Waals surface area contributed by atoms with E-state index in [1.54, 1.807) is 0 Å². The third-order valence-electron chi connectivity index (χ3n) is 4.15.